The van der Waals surface area contributed by atoms with Crippen LogP contribution in [0.1, 0.15) is 71.1 Å². The normalized spacial score (nSPS) is 13.1. The molecule has 0 aliphatic heterocycles. The summed E-state index contributed by atoms with van der Waals surface area (Å²) >= 11 is 0. The average Bonchev–Trinajstić information content (AvgIpc) is 2.20. The zero-order valence-electron chi connectivity index (χ0n) is 10.1. The molecule has 0 aromatic carbocycles. The summed E-state index contributed by atoms with van der Waals surface area (Å²) < 4.78 is 0. The highest BCUT2D eigenvalue weighted by atomic mass is 14.1. The Labute approximate surface area is 91.5 Å². The van der Waals surface area contributed by atoms with E-state index in [-0.39, 0.29) is 0 Å². The maximum Gasteiger partial charge on any atom is -0.0414 e. The van der Waals surface area contributed by atoms with E-state index < -0.39 is 0 Å². The fourth-order valence-corrected chi connectivity index (χ4v) is 1.78. The fraction of sp³-hybridized carbons (Fsp3) is 0.857. The van der Waals surface area contributed by atoms with E-state index in [0.29, 0.717) is 5.92 Å². The summed E-state index contributed by atoms with van der Waals surface area (Å²) in [6, 6.07) is 0. The highest BCUT2D eigenvalue weighted by Gasteiger charge is 2.00. The van der Waals surface area contributed by atoms with Gasteiger partial charge in [0.15, 0.2) is 0 Å². The van der Waals surface area contributed by atoms with Crippen molar-refractivity contribution in [1.82, 2.24) is 0 Å². The number of rotatable bonds is 10. The van der Waals surface area contributed by atoms with Crippen LogP contribution in [0.15, 0.2) is 0 Å². The van der Waals surface area contributed by atoms with Crippen LogP contribution in [0, 0.1) is 19.8 Å². The molecule has 84 valence electrons. The Hall–Kier alpha value is 0. The van der Waals surface area contributed by atoms with Crippen molar-refractivity contribution >= 4 is 0 Å². The zero-order valence-corrected chi connectivity index (χ0v) is 10.1. The summed E-state index contributed by atoms with van der Waals surface area (Å²) in [7, 11) is 0. The molecule has 0 bridgehead atoms. The molecule has 0 nitrogen and oxygen atoms in total. The van der Waals surface area contributed by atoms with Gasteiger partial charge in [0, 0.05) is 0 Å². The molecule has 0 heteroatoms. The average molecular weight is 196 g/mol. The lowest BCUT2D eigenvalue weighted by molar-refractivity contribution is 0.477. The molecule has 0 heterocycles. The van der Waals surface area contributed by atoms with Crippen LogP contribution in [-0.4, -0.2) is 0 Å². The summed E-state index contributed by atoms with van der Waals surface area (Å²) in [6.45, 7) is 10.3. The van der Waals surface area contributed by atoms with Gasteiger partial charge in [0.2, 0.25) is 0 Å². The summed E-state index contributed by atoms with van der Waals surface area (Å²) in [5.74, 6) is 0.711. The highest BCUT2D eigenvalue weighted by Crippen LogP contribution is 2.16. The van der Waals surface area contributed by atoms with Crippen LogP contribution < -0.4 is 0 Å². The third kappa shape index (κ3) is 10.1. The highest BCUT2D eigenvalue weighted by molar-refractivity contribution is 4.61. The lowest BCUT2D eigenvalue weighted by Crippen LogP contribution is -1.94. The van der Waals surface area contributed by atoms with Crippen LogP contribution in [0.2, 0.25) is 0 Å². The van der Waals surface area contributed by atoms with Crippen molar-refractivity contribution in [3.8, 4) is 0 Å². The molecule has 0 aromatic rings. The van der Waals surface area contributed by atoms with Crippen molar-refractivity contribution in [2.45, 2.75) is 71.1 Å². The monoisotopic (exact) mass is 196 g/mol. The smallest absolute Gasteiger partial charge is 0.0414 e. The van der Waals surface area contributed by atoms with Crippen LogP contribution in [0.4, 0.5) is 0 Å². The summed E-state index contributed by atoms with van der Waals surface area (Å²) in [5.41, 5.74) is 0. The van der Waals surface area contributed by atoms with Crippen LogP contribution in [0.5, 0.6) is 0 Å². The van der Waals surface area contributed by atoms with Crippen LogP contribution in [0.3, 0.4) is 0 Å². The molecule has 0 aliphatic rings. The summed E-state index contributed by atoms with van der Waals surface area (Å²) in [5, 5.41) is 0. The topological polar surface area (TPSA) is 0 Å². The first-order valence-corrected chi connectivity index (χ1v) is 6.43. The quantitative estimate of drug-likeness (QED) is 0.422. The molecule has 1 atom stereocenters. The maximum absolute atomic E-state index is 4.20. The molecule has 0 aliphatic carbocycles. The second-order valence-corrected chi connectivity index (χ2v) is 4.42. The first kappa shape index (κ1) is 14.0. The van der Waals surface area contributed by atoms with Gasteiger partial charge < -0.3 is 0 Å². The van der Waals surface area contributed by atoms with Gasteiger partial charge in [-0.05, 0) is 5.92 Å². The lowest BCUT2D eigenvalue weighted by Gasteiger charge is -2.09. The van der Waals surface area contributed by atoms with E-state index >= 15 is 0 Å². The zero-order chi connectivity index (χ0) is 10.6. The Bertz CT molecular complexity index is 96.2. The third-order valence-electron chi connectivity index (χ3n) is 2.83. The Morgan fingerprint density at radius 2 is 1.43 bits per heavy atom. The van der Waals surface area contributed by atoms with Gasteiger partial charge >= 0.3 is 0 Å². The molecule has 14 heavy (non-hydrogen) atoms. The molecule has 0 aromatic heterocycles. The lowest BCUT2D eigenvalue weighted by atomic mass is 9.97. The van der Waals surface area contributed by atoms with E-state index in [9.17, 15) is 0 Å². The minimum atomic E-state index is 0.711. The molecule has 1 unspecified atom stereocenters. The second kappa shape index (κ2) is 11.1. The number of unbranched alkanes of at least 4 members (excludes halogenated alkanes) is 6. The van der Waals surface area contributed by atoms with E-state index in [0.717, 1.165) is 6.42 Å². The van der Waals surface area contributed by atoms with Crippen molar-refractivity contribution in [3.63, 3.8) is 0 Å². The van der Waals surface area contributed by atoms with E-state index in [1.807, 2.05) is 0 Å². The van der Waals surface area contributed by atoms with Gasteiger partial charge in [-0.25, -0.2) is 0 Å². The molecule has 0 saturated carbocycles. The first-order valence-electron chi connectivity index (χ1n) is 6.43. The molecule has 0 rings (SSSR count). The molecular formula is C14H28. The van der Waals surface area contributed by atoms with Gasteiger partial charge in [0.1, 0.15) is 0 Å². The summed E-state index contributed by atoms with van der Waals surface area (Å²) in [4.78, 5) is 0. The fourth-order valence-electron chi connectivity index (χ4n) is 1.78. The predicted molar refractivity (Wildman–Crippen MR) is 66.0 cm³/mol. The second-order valence-electron chi connectivity index (χ2n) is 4.42. The molecule has 0 saturated heterocycles. The molecule has 0 spiro atoms. The van der Waals surface area contributed by atoms with Gasteiger partial charge in [-0.3, -0.25) is 0 Å². The van der Waals surface area contributed by atoms with E-state index in [1.54, 1.807) is 0 Å². The van der Waals surface area contributed by atoms with Crippen molar-refractivity contribution in [3.05, 3.63) is 13.8 Å². The first-order chi connectivity index (χ1) is 6.81. The van der Waals surface area contributed by atoms with Crippen molar-refractivity contribution in [1.29, 1.82) is 0 Å². The minimum absolute atomic E-state index is 0.711. The van der Waals surface area contributed by atoms with Gasteiger partial charge in [-0.1, -0.05) is 85.0 Å². The third-order valence-corrected chi connectivity index (χ3v) is 2.83. The Morgan fingerprint density at radius 3 is 2.07 bits per heavy atom. The predicted octanol–water partition coefficient (Wildman–Crippen LogP) is 5.19. The van der Waals surface area contributed by atoms with Crippen LogP contribution >= 0.6 is 0 Å². The van der Waals surface area contributed by atoms with Gasteiger partial charge in [-0.15, -0.1) is 0 Å². The summed E-state index contributed by atoms with van der Waals surface area (Å²) in [6.07, 6.45) is 13.3. The standard InChI is InChI=1S/C14H28/c1-4-6-8-9-10-11-13-14(3)12-7-5-2/h14H,1,3-13H2,2H3. The van der Waals surface area contributed by atoms with E-state index in [2.05, 4.69) is 20.8 Å². The van der Waals surface area contributed by atoms with E-state index in [1.165, 1.54) is 57.8 Å². The Balaban J connectivity index is 3.02. The minimum Gasteiger partial charge on any atom is -0.0654 e. The van der Waals surface area contributed by atoms with E-state index in [4.69, 9.17) is 0 Å². The van der Waals surface area contributed by atoms with Crippen LogP contribution in [-0.2, 0) is 0 Å². The van der Waals surface area contributed by atoms with Crippen molar-refractivity contribution < 1.29 is 0 Å². The van der Waals surface area contributed by atoms with Crippen molar-refractivity contribution in [2.24, 2.45) is 5.92 Å². The molecule has 0 amide bonds. The van der Waals surface area contributed by atoms with Crippen LogP contribution in [0.25, 0.3) is 0 Å². The molecule has 0 fully saturated rings. The molecule has 0 N–H and O–H groups in total. The van der Waals surface area contributed by atoms with Gasteiger partial charge in [0.05, 0.1) is 0 Å². The van der Waals surface area contributed by atoms with Gasteiger partial charge in [-0.2, -0.15) is 0 Å². The van der Waals surface area contributed by atoms with Gasteiger partial charge in [0.25, 0.3) is 0 Å². The SMILES string of the molecule is [CH2]CCCCCCCC([CH2])CCCC. The maximum atomic E-state index is 4.20. The largest absolute Gasteiger partial charge is 0.0654 e. The number of hydrogen-bond donors (Lipinski definition) is 0. The Kier molecular flexibility index (Phi) is 11.1. The Morgan fingerprint density at radius 1 is 0.857 bits per heavy atom. The molecule has 2 radical (unpaired) electrons. The molecular weight excluding hydrogens is 168 g/mol. The van der Waals surface area contributed by atoms with Crippen molar-refractivity contribution in [2.75, 3.05) is 0 Å². The number of hydrogen-bond acceptors (Lipinski definition) is 0.